The van der Waals surface area contributed by atoms with Gasteiger partial charge in [-0.1, -0.05) is 30.0 Å². The van der Waals surface area contributed by atoms with E-state index in [0.29, 0.717) is 10.8 Å². The summed E-state index contributed by atoms with van der Waals surface area (Å²) in [7, 11) is 1.58. The molecule has 0 saturated carbocycles. The molecular weight excluding hydrogens is 326 g/mol. The van der Waals surface area contributed by atoms with Crippen molar-refractivity contribution in [3.05, 3.63) is 33.9 Å². The molecule has 1 heterocycles. The Bertz CT molecular complexity index is 704. The van der Waals surface area contributed by atoms with Gasteiger partial charge >= 0.3 is 0 Å². The van der Waals surface area contributed by atoms with E-state index in [-0.39, 0.29) is 11.3 Å². The average molecular weight is 339 g/mol. The van der Waals surface area contributed by atoms with Crippen LogP contribution in [0.4, 0.5) is 16.5 Å². The Morgan fingerprint density at radius 3 is 2.86 bits per heavy atom. The Balaban J connectivity index is 2.18. The lowest BCUT2D eigenvalue weighted by Gasteiger charge is -2.05. The van der Waals surface area contributed by atoms with Crippen LogP contribution in [0.3, 0.4) is 0 Å². The zero-order chi connectivity index (χ0) is 16.1. The number of carbonyl (C=O) groups is 1. The van der Waals surface area contributed by atoms with E-state index in [1.807, 2.05) is 6.92 Å². The number of amides is 1. The molecule has 2 rings (SSSR count). The van der Waals surface area contributed by atoms with Gasteiger partial charge < -0.3 is 5.32 Å². The Kier molecular flexibility index (Phi) is 5.28. The third kappa shape index (κ3) is 3.71. The summed E-state index contributed by atoms with van der Waals surface area (Å²) in [5.41, 5.74) is 0.374. The molecule has 0 saturated heterocycles. The predicted molar refractivity (Wildman–Crippen MR) is 86.9 cm³/mol. The lowest BCUT2D eigenvalue weighted by atomic mass is 10.1. The normalized spacial score (nSPS) is 10.3. The largest absolute Gasteiger partial charge is 0.383 e. The molecule has 0 aliphatic carbocycles. The summed E-state index contributed by atoms with van der Waals surface area (Å²) >= 11 is 2.79. The maximum Gasteiger partial charge on any atom is 0.293 e. The summed E-state index contributed by atoms with van der Waals surface area (Å²) < 4.78 is 0.759. The third-order valence-electron chi connectivity index (χ3n) is 2.62. The molecule has 1 aromatic carbocycles. The number of carbonyl (C=O) groups excluding carboxylic acids is 1. The second-order valence-electron chi connectivity index (χ2n) is 4.00. The highest BCUT2D eigenvalue weighted by atomic mass is 32.2. The summed E-state index contributed by atoms with van der Waals surface area (Å²) in [6.45, 7) is 1.99. The summed E-state index contributed by atoms with van der Waals surface area (Å²) in [5, 5.41) is 24.5. The molecule has 2 aromatic rings. The van der Waals surface area contributed by atoms with Crippen molar-refractivity contribution < 1.29 is 9.72 Å². The van der Waals surface area contributed by atoms with Gasteiger partial charge in [-0.3, -0.25) is 20.2 Å². The number of nitro benzene ring substituents is 1. The van der Waals surface area contributed by atoms with Gasteiger partial charge in [0.2, 0.25) is 5.13 Å². The predicted octanol–water partition coefficient (Wildman–Crippen LogP) is 2.85. The number of nitrogens with zero attached hydrogens (tertiary/aromatic N) is 3. The Morgan fingerprint density at radius 1 is 1.45 bits per heavy atom. The van der Waals surface area contributed by atoms with Crippen molar-refractivity contribution in [2.24, 2.45) is 0 Å². The van der Waals surface area contributed by atoms with E-state index >= 15 is 0 Å². The van der Waals surface area contributed by atoms with Crippen LogP contribution in [0, 0.1) is 10.1 Å². The van der Waals surface area contributed by atoms with E-state index in [1.54, 1.807) is 7.05 Å². The summed E-state index contributed by atoms with van der Waals surface area (Å²) in [5.74, 6) is 0.398. The number of nitrogens with one attached hydrogen (secondary N) is 2. The molecular formula is C12H13N5O3S2. The topological polar surface area (TPSA) is 110 Å². The van der Waals surface area contributed by atoms with Gasteiger partial charge in [-0.05, 0) is 17.9 Å². The maximum absolute atomic E-state index is 12.1. The molecule has 1 aromatic heterocycles. The highest BCUT2D eigenvalue weighted by Crippen LogP contribution is 2.27. The minimum Gasteiger partial charge on any atom is -0.383 e. The Hall–Kier alpha value is -2.20. The van der Waals surface area contributed by atoms with Gasteiger partial charge in [-0.25, -0.2) is 0 Å². The maximum atomic E-state index is 12.1. The van der Waals surface area contributed by atoms with Crippen LogP contribution >= 0.6 is 23.1 Å². The molecule has 0 unspecified atom stereocenters. The highest BCUT2D eigenvalue weighted by molar-refractivity contribution is 8.01. The number of anilines is 2. The smallest absolute Gasteiger partial charge is 0.293 e. The van der Waals surface area contributed by atoms with Gasteiger partial charge in [0.15, 0.2) is 4.34 Å². The zero-order valence-electron chi connectivity index (χ0n) is 11.8. The average Bonchev–Trinajstić information content (AvgIpc) is 2.94. The van der Waals surface area contributed by atoms with Crippen LogP contribution in [0.15, 0.2) is 22.5 Å². The molecule has 2 N–H and O–H groups in total. The Morgan fingerprint density at radius 2 is 2.23 bits per heavy atom. The van der Waals surface area contributed by atoms with Crippen LogP contribution in [0.2, 0.25) is 0 Å². The van der Waals surface area contributed by atoms with E-state index in [4.69, 9.17) is 0 Å². The number of benzene rings is 1. The van der Waals surface area contributed by atoms with Crippen LogP contribution in [0.1, 0.15) is 17.3 Å². The van der Waals surface area contributed by atoms with Crippen molar-refractivity contribution in [3.63, 3.8) is 0 Å². The first-order valence-corrected chi connectivity index (χ1v) is 8.09. The van der Waals surface area contributed by atoms with E-state index in [2.05, 4.69) is 20.8 Å². The van der Waals surface area contributed by atoms with Crippen LogP contribution in [0.5, 0.6) is 0 Å². The van der Waals surface area contributed by atoms with Crippen molar-refractivity contribution >= 4 is 45.5 Å². The van der Waals surface area contributed by atoms with Crippen LogP contribution < -0.4 is 10.6 Å². The number of nitro groups is 1. The third-order valence-corrected chi connectivity index (χ3v) is 4.47. The number of thioether (sulfide) groups is 1. The first kappa shape index (κ1) is 16.2. The molecule has 0 bridgehead atoms. The van der Waals surface area contributed by atoms with Crippen molar-refractivity contribution in [2.45, 2.75) is 11.3 Å². The summed E-state index contributed by atoms with van der Waals surface area (Å²) in [6, 6.07) is 4.23. The number of hydrogen-bond acceptors (Lipinski definition) is 8. The fourth-order valence-electron chi connectivity index (χ4n) is 1.65. The van der Waals surface area contributed by atoms with Gasteiger partial charge in [0.25, 0.3) is 11.6 Å². The van der Waals surface area contributed by atoms with Crippen molar-refractivity contribution in [1.82, 2.24) is 10.2 Å². The van der Waals surface area contributed by atoms with E-state index in [9.17, 15) is 14.9 Å². The van der Waals surface area contributed by atoms with Crippen molar-refractivity contribution in [1.29, 1.82) is 0 Å². The number of rotatable bonds is 6. The summed E-state index contributed by atoms with van der Waals surface area (Å²) in [4.78, 5) is 22.6. The molecule has 8 nitrogen and oxygen atoms in total. The molecule has 10 heteroatoms. The van der Waals surface area contributed by atoms with Gasteiger partial charge in [0.1, 0.15) is 5.69 Å². The fraction of sp³-hybridized carbons (Fsp3) is 0.250. The van der Waals surface area contributed by atoms with Gasteiger partial charge in [-0.2, -0.15) is 0 Å². The van der Waals surface area contributed by atoms with E-state index in [0.717, 1.165) is 10.1 Å². The Labute approximate surface area is 134 Å². The molecule has 22 heavy (non-hydrogen) atoms. The molecule has 0 aliphatic heterocycles. The summed E-state index contributed by atoms with van der Waals surface area (Å²) in [6.07, 6.45) is 0. The fourth-order valence-corrected chi connectivity index (χ4v) is 3.29. The second kappa shape index (κ2) is 7.18. The van der Waals surface area contributed by atoms with E-state index < -0.39 is 10.8 Å². The highest BCUT2D eigenvalue weighted by Gasteiger charge is 2.17. The monoisotopic (exact) mass is 339 g/mol. The molecule has 116 valence electrons. The van der Waals surface area contributed by atoms with Gasteiger partial charge in [0.05, 0.1) is 4.92 Å². The molecule has 0 spiro atoms. The lowest BCUT2D eigenvalue weighted by molar-refractivity contribution is -0.384. The van der Waals surface area contributed by atoms with Crippen molar-refractivity contribution in [3.8, 4) is 0 Å². The van der Waals surface area contributed by atoms with Crippen LogP contribution in [-0.2, 0) is 0 Å². The first-order chi connectivity index (χ1) is 10.5. The molecule has 0 radical (unpaired) electrons. The number of hydrogen-bond donors (Lipinski definition) is 2. The second-order valence-corrected chi connectivity index (χ2v) is 6.49. The van der Waals surface area contributed by atoms with Gasteiger partial charge in [0, 0.05) is 18.7 Å². The lowest BCUT2D eigenvalue weighted by Crippen LogP contribution is -2.12. The van der Waals surface area contributed by atoms with Gasteiger partial charge in [-0.15, -0.1) is 10.2 Å². The minimum atomic E-state index is -0.538. The first-order valence-electron chi connectivity index (χ1n) is 6.29. The molecule has 0 aliphatic rings. The molecule has 0 fully saturated rings. The van der Waals surface area contributed by atoms with Crippen LogP contribution in [0.25, 0.3) is 0 Å². The standard InChI is InChI=1S/C12H13N5O3S2/c1-3-21-12-16-15-11(22-12)14-10(18)7-4-5-8(13-2)9(6-7)17(19)20/h4-6,13H,3H2,1-2H3,(H,14,15,18). The SMILES string of the molecule is CCSc1nnc(NC(=O)c2ccc(NC)c([N+](=O)[O-])c2)s1. The quantitative estimate of drug-likeness (QED) is 0.360. The van der Waals surface area contributed by atoms with Crippen molar-refractivity contribution in [2.75, 3.05) is 23.4 Å². The molecule has 1 amide bonds. The number of aromatic nitrogens is 2. The van der Waals surface area contributed by atoms with Crippen LogP contribution in [-0.4, -0.2) is 33.8 Å². The molecule has 0 atom stereocenters. The van der Waals surface area contributed by atoms with E-state index in [1.165, 1.54) is 41.3 Å². The minimum absolute atomic E-state index is 0.158. The zero-order valence-corrected chi connectivity index (χ0v) is 13.5.